The molecule has 0 spiro atoms. The zero-order chi connectivity index (χ0) is 13.1. The van der Waals surface area contributed by atoms with E-state index in [2.05, 4.69) is 14.9 Å². The summed E-state index contributed by atoms with van der Waals surface area (Å²) in [5, 5.41) is 0. The fraction of sp³-hybridized carbons (Fsp3) is 0.583. The van der Waals surface area contributed by atoms with Crippen molar-refractivity contribution in [2.24, 2.45) is 0 Å². The molecular formula is C12H18N4O2. The molecular weight excluding hydrogens is 232 g/mol. The molecule has 0 atom stereocenters. The van der Waals surface area contributed by atoms with Crippen LogP contribution in [0.2, 0.25) is 0 Å². The molecule has 2 heterocycles. The molecule has 0 saturated carbocycles. The largest absolute Gasteiger partial charge is 0.416 e. The van der Waals surface area contributed by atoms with Crippen LogP contribution in [-0.4, -0.2) is 48.1 Å². The monoisotopic (exact) mass is 250 g/mol. The van der Waals surface area contributed by atoms with Crippen LogP contribution < -0.4 is 9.64 Å². The van der Waals surface area contributed by atoms with Crippen LogP contribution in [0.15, 0.2) is 6.07 Å². The van der Waals surface area contributed by atoms with Crippen LogP contribution >= 0.6 is 0 Å². The van der Waals surface area contributed by atoms with Crippen LogP contribution in [0, 0.1) is 6.92 Å². The number of hydrogen-bond acceptors (Lipinski definition) is 5. The highest BCUT2D eigenvalue weighted by Gasteiger charge is 2.17. The van der Waals surface area contributed by atoms with Crippen LogP contribution in [0.4, 0.5) is 10.7 Å². The molecule has 98 valence electrons. The Hall–Kier alpha value is -1.85. The number of hydrogen-bond donors (Lipinski definition) is 0. The van der Waals surface area contributed by atoms with E-state index in [1.165, 1.54) is 4.90 Å². The molecule has 6 heteroatoms. The normalized spacial score (nSPS) is 14.7. The number of ether oxygens (including phenoxy) is 1. The molecule has 1 aromatic heterocycles. The lowest BCUT2D eigenvalue weighted by atomic mass is 10.4. The van der Waals surface area contributed by atoms with E-state index in [4.69, 9.17) is 4.74 Å². The van der Waals surface area contributed by atoms with Crippen LogP contribution in [0.5, 0.6) is 5.88 Å². The Bertz CT molecular complexity index is 442. The van der Waals surface area contributed by atoms with Gasteiger partial charge in [0, 0.05) is 38.9 Å². The number of carbonyl (C=O) groups excluding carboxylic acids is 1. The molecule has 1 fully saturated rings. The summed E-state index contributed by atoms with van der Waals surface area (Å²) in [6, 6.07) is 1.67. The molecule has 0 N–H and O–H groups in total. The molecule has 1 amide bonds. The number of aryl methyl sites for hydroxylation is 1. The zero-order valence-electron chi connectivity index (χ0n) is 11.0. The third kappa shape index (κ3) is 2.88. The third-order valence-electron chi connectivity index (χ3n) is 2.76. The Balaban J connectivity index is 2.18. The second kappa shape index (κ2) is 5.20. The molecule has 0 aliphatic carbocycles. The Morgan fingerprint density at radius 3 is 2.61 bits per heavy atom. The van der Waals surface area contributed by atoms with Crippen molar-refractivity contribution in [2.45, 2.75) is 19.8 Å². The van der Waals surface area contributed by atoms with Crippen molar-refractivity contribution in [1.82, 2.24) is 14.9 Å². The number of amides is 1. The van der Waals surface area contributed by atoms with Gasteiger partial charge in [-0.15, -0.1) is 0 Å². The molecule has 0 aromatic carbocycles. The first kappa shape index (κ1) is 12.6. The van der Waals surface area contributed by atoms with Gasteiger partial charge in [-0.1, -0.05) is 0 Å². The van der Waals surface area contributed by atoms with Gasteiger partial charge in [0.05, 0.1) is 0 Å². The molecule has 1 aliphatic rings. The summed E-state index contributed by atoms with van der Waals surface area (Å²) in [6.07, 6.45) is 1.88. The number of rotatable bonds is 2. The first-order valence-electron chi connectivity index (χ1n) is 6.06. The average molecular weight is 250 g/mol. The first-order valence-corrected chi connectivity index (χ1v) is 6.06. The highest BCUT2D eigenvalue weighted by atomic mass is 16.6. The number of carbonyl (C=O) groups is 1. The Morgan fingerprint density at radius 1 is 1.33 bits per heavy atom. The molecule has 0 bridgehead atoms. The summed E-state index contributed by atoms with van der Waals surface area (Å²) in [4.78, 5) is 23.6. The van der Waals surface area contributed by atoms with Gasteiger partial charge in [-0.3, -0.25) is 0 Å². The maximum absolute atomic E-state index is 11.5. The molecule has 1 aromatic rings. The van der Waals surface area contributed by atoms with Crippen molar-refractivity contribution in [3.8, 4) is 5.88 Å². The van der Waals surface area contributed by atoms with E-state index in [0.717, 1.165) is 31.6 Å². The van der Waals surface area contributed by atoms with Gasteiger partial charge in [0.1, 0.15) is 0 Å². The van der Waals surface area contributed by atoms with Crippen LogP contribution in [0.3, 0.4) is 0 Å². The Labute approximate surface area is 107 Å². The fourth-order valence-electron chi connectivity index (χ4n) is 1.82. The number of aromatic nitrogens is 2. The van der Waals surface area contributed by atoms with Crippen molar-refractivity contribution in [2.75, 3.05) is 32.1 Å². The van der Waals surface area contributed by atoms with Crippen molar-refractivity contribution in [3.05, 3.63) is 11.8 Å². The van der Waals surface area contributed by atoms with Crippen molar-refractivity contribution < 1.29 is 9.53 Å². The second-order valence-corrected chi connectivity index (χ2v) is 4.60. The molecule has 18 heavy (non-hydrogen) atoms. The van der Waals surface area contributed by atoms with Gasteiger partial charge < -0.3 is 14.5 Å². The SMILES string of the molecule is Cc1cc(OC(=O)N(C)C)nc(N2CCCC2)n1. The van der Waals surface area contributed by atoms with Crippen LogP contribution in [-0.2, 0) is 0 Å². The smallest absolute Gasteiger partial charge is 0.391 e. The van der Waals surface area contributed by atoms with Gasteiger partial charge in [0.25, 0.3) is 0 Å². The maximum atomic E-state index is 11.5. The summed E-state index contributed by atoms with van der Waals surface area (Å²) in [5.74, 6) is 0.956. The van der Waals surface area contributed by atoms with Crippen molar-refractivity contribution in [3.63, 3.8) is 0 Å². The lowest BCUT2D eigenvalue weighted by Gasteiger charge is -2.16. The molecule has 0 unspecified atom stereocenters. The summed E-state index contributed by atoms with van der Waals surface area (Å²) in [7, 11) is 3.27. The predicted molar refractivity (Wildman–Crippen MR) is 67.9 cm³/mol. The minimum Gasteiger partial charge on any atom is -0.391 e. The lowest BCUT2D eigenvalue weighted by Crippen LogP contribution is -2.26. The molecule has 1 saturated heterocycles. The van der Waals surface area contributed by atoms with Gasteiger partial charge >= 0.3 is 6.09 Å². The Morgan fingerprint density at radius 2 is 2.00 bits per heavy atom. The van der Waals surface area contributed by atoms with E-state index in [9.17, 15) is 4.79 Å². The van der Waals surface area contributed by atoms with E-state index < -0.39 is 6.09 Å². The third-order valence-corrected chi connectivity index (χ3v) is 2.76. The van der Waals surface area contributed by atoms with E-state index in [0.29, 0.717) is 11.8 Å². The minimum absolute atomic E-state index is 0.308. The van der Waals surface area contributed by atoms with Crippen molar-refractivity contribution in [1.29, 1.82) is 0 Å². The summed E-state index contributed by atoms with van der Waals surface area (Å²) in [5.41, 5.74) is 0.799. The highest BCUT2D eigenvalue weighted by molar-refractivity contribution is 5.69. The predicted octanol–water partition coefficient (Wildman–Crippen LogP) is 1.45. The van der Waals surface area contributed by atoms with Gasteiger partial charge in [-0.05, 0) is 19.8 Å². The molecule has 6 nitrogen and oxygen atoms in total. The quantitative estimate of drug-likeness (QED) is 0.795. The average Bonchev–Trinajstić information content (AvgIpc) is 2.81. The first-order chi connectivity index (χ1) is 8.56. The number of nitrogens with zero attached hydrogens (tertiary/aromatic N) is 4. The van der Waals surface area contributed by atoms with Crippen LogP contribution in [0.1, 0.15) is 18.5 Å². The van der Waals surface area contributed by atoms with E-state index >= 15 is 0 Å². The zero-order valence-corrected chi connectivity index (χ0v) is 11.0. The second-order valence-electron chi connectivity index (χ2n) is 4.60. The summed E-state index contributed by atoms with van der Waals surface area (Å²) < 4.78 is 5.17. The van der Waals surface area contributed by atoms with E-state index in [1.807, 2.05) is 6.92 Å². The maximum Gasteiger partial charge on any atom is 0.416 e. The van der Waals surface area contributed by atoms with Gasteiger partial charge in [0.2, 0.25) is 11.8 Å². The van der Waals surface area contributed by atoms with E-state index in [1.54, 1.807) is 20.2 Å². The topological polar surface area (TPSA) is 58.6 Å². The highest BCUT2D eigenvalue weighted by Crippen LogP contribution is 2.19. The molecule has 1 aliphatic heterocycles. The van der Waals surface area contributed by atoms with Crippen LogP contribution in [0.25, 0.3) is 0 Å². The van der Waals surface area contributed by atoms with Gasteiger partial charge in [-0.25, -0.2) is 9.78 Å². The molecule has 2 rings (SSSR count). The number of anilines is 1. The van der Waals surface area contributed by atoms with Crippen molar-refractivity contribution >= 4 is 12.0 Å². The Kier molecular flexibility index (Phi) is 3.64. The van der Waals surface area contributed by atoms with Gasteiger partial charge in [-0.2, -0.15) is 4.98 Å². The van der Waals surface area contributed by atoms with Gasteiger partial charge in [0.15, 0.2) is 0 Å². The minimum atomic E-state index is -0.430. The fourth-order valence-corrected chi connectivity index (χ4v) is 1.82. The lowest BCUT2D eigenvalue weighted by molar-refractivity contribution is 0.170. The standard InChI is InChI=1S/C12H18N4O2/c1-9-8-10(18-12(17)15(2)3)14-11(13-9)16-6-4-5-7-16/h8H,4-7H2,1-3H3. The summed E-state index contributed by atoms with van der Waals surface area (Å²) >= 11 is 0. The molecule has 0 radical (unpaired) electrons. The summed E-state index contributed by atoms with van der Waals surface area (Å²) in [6.45, 7) is 3.79. The van der Waals surface area contributed by atoms with E-state index in [-0.39, 0.29) is 0 Å².